The SMILES string of the molecule is Oc1cc(-c2nc(-c3cccc(Cl)c3)no2)ccc1Br. The summed E-state index contributed by atoms with van der Waals surface area (Å²) < 4.78 is 5.82. The standard InChI is InChI=1S/C14H8BrClN2O2/c15-11-5-4-9(7-12(11)19)14-17-13(18-20-14)8-2-1-3-10(16)6-8/h1-7,19H. The zero-order valence-electron chi connectivity index (χ0n) is 10.0. The fraction of sp³-hybridized carbons (Fsp3) is 0. The Bertz CT molecular complexity index is 773. The molecule has 0 spiro atoms. The second kappa shape index (κ2) is 5.26. The maximum atomic E-state index is 9.67. The molecule has 0 amide bonds. The monoisotopic (exact) mass is 350 g/mol. The third-order valence-corrected chi connectivity index (χ3v) is 3.61. The number of hydrogen-bond acceptors (Lipinski definition) is 4. The summed E-state index contributed by atoms with van der Waals surface area (Å²) in [5, 5.41) is 14.2. The Labute approximate surface area is 128 Å². The van der Waals surface area contributed by atoms with Crippen molar-refractivity contribution < 1.29 is 9.63 Å². The van der Waals surface area contributed by atoms with Crippen molar-refractivity contribution in [2.75, 3.05) is 0 Å². The summed E-state index contributed by atoms with van der Waals surface area (Å²) in [4.78, 5) is 4.30. The highest BCUT2D eigenvalue weighted by Crippen LogP contribution is 2.30. The van der Waals surface area contributed by atoms with E-state index in [-0.39, 0.29) is 5.75 Å². The number of benzene rings is 2. The van der Waals surface area contributed by atoms with Gasteiger partial charge in [-0.1, -0.05) is 28.9 Å². The summed E-state index contributed by atoms with van der Waals surface area (Å²) in [6, 6.07) is 12.2. The van der Waals surface area contributed by atoms with E-state index in [1.54, 1.807) is 30.3 Å². The van der Waals surface area contributed by atoms with Crippen molar-refractivity contribution in [1.29, 1.82) is 0 Å². The number of aromatic nitrogens is 2. The van der Waals surface area contributed by atoms with Gasteiger partial charge in [-0.15, -0.1) is 0 Å². The third-order valence-electron chi connectivity index (χ3n) is 2.70. The largest absolute Gasteiger partial charge is 0.507 e. The summed E-state index contributed by atoms with van der Waals surface area (Å²) in [6.07, 6.45) is 0. The van der Waals surface area contributed by atoms with Crippen molar-refractivity contribution in [2.45, 2.75) is 0 Å². The summed E-state index contributed by atoms with van der Waals surface area (Å²) in [5.74, 6) is 0.901. The van der Waals surface area contributed by atoms with Gasteiger partial charge < -0.3 is 9.63 Å². The molecule has 0 atom stereocenters. The Morgan fingerprint density at radius 1 is 1.10 bits per heavy atom. The van der Waals surface area contributed by atoms with E-state index >= 15 is 0 Å². The Morgan fingerprint density at radius 2 is 1.95 bits per heavy atom. The van der Waals surface area contributed by atoms with Crippen LogP contribution in [0.5, 0.6) is 5.75 Å². The van der Waals surface area contributed by atoms with Crippen LogP contribution in [0.15, 0.2) is 51.5 Å². The van der Waals surface area contributed by atoms with Crippen LogP contribution in [0.25, 0.3) is 22.8 Å². The predicted octanol–water partition coefficient (Wildman–Crippen LogP) is 4.53. The fourth-order valence-electron chi connectivity index (χ4n) is 1.73. The molecule has 0 fully saturated rings. The average molecular weight is 352 g/mol. The highest BCUT2D eigenvalue weighted by molar-refractivity contribution is 9.10. The minimum atomic E-state index is 0.116. The maximum absolute atomic E-state index is 9.67. The van der Waals surface area contributed by atoms with Crippen molar-refractivity contribution in [3.8, 4) is 28.6 Å². The van der Waals surface area contributed by atoms with Crippen LogP contribution in [0, 0.1) is 0 Å². The smallest absolute Gasteiger partial charge is 0.258 e. The molecular weight excluding hydrogens is 344 g/mol. The fourth-order valence-corrected chi connectivity index (χ4v) is 2.17. The number of nitrogens with zero attached hydrogens (tertiary/aromatic N) is 2. The van der Waals surface area contributed by atoms with Crippen LogP contribution in [0.4, 0.5) is 0 Å². The second-order valence-corrected chi connectivity index (χ2v) is 5.39. The Kier molecular flexibility index (Phi) is 3.46. The number of hydrogen-bond donors (Lipinski definition) is 1. The van der Waals surface area contributed by atoms with E-state index in [4.69, 9.17) is 16.1 Å². The van der Waals surface area contributed by atoms with Gasteiger partial charge >= 0.3 is 0 Å². The second-order valence-electron chi connectivity index (χ2n) is 4.10. The average Bonchev–Trinajstić information content (AvgIpc) is 2.92. The molecule has 0 saturated carbocycles. The van der Waals surface area contributed by atoms with E-state index in [1.807, 2.05) is 12.1 Å². The van der Waals surface area contributed by atoms with E-state index in [0.29, 0.717) is 26.8 Å². The molecule has 20 heavy (non-hydrogen) atoms. The minimum Gasteiger partial charge on any atom is -0.507 e. The first kappa shape index (κ1) is 13.1. The maximum Gasteiger partial charge on any atom is 0.258 e. The summed E-state index contributed by atoms with van der Waals surface area (Å²) in [6.45, 7) is 0. The van der Waals surface area contributed by atoms with Crippen LogP contribution in [0.1, 0.15) is 0 Å². The van der Waals surface area contributed by atoms with Crippen molar-refractivity contribution in [3.63, 3.8) is 0 Å². The number of halogens is 2. The molecule has 1 aromatic heterocycles. The predicted molar refractivity (Wildman–Crippen MR) is 79.5 cm³/mol. The van der Waals surface area contributed by atoms with Gasteiger partial charge in [0.25, 0.3) is 5.89 Å². The first-order valence-corrected chi connectivity index (χ1v) is 6.89. The first-order valence-electron chi connectivity index (χ1n) is 5.72. The van der Waals surface area contributed by atoms with Gasteiger partial charge in [0.2, 0.25) is 5.82 Å². The molecule has 6 heteroatoms. The van der Waals surface area contributed by atoms with Gasteiger partial charge in [-0.05, 0) is 46.3 Å². The van der Waals surface area contributed by atoms with Gasteiger partial charge in [0.15, 0.2) is 0 Å². The zero-order valence-corrected chi connectivity index (χ0v) is 12.4. The first-order chi connectivity index (χ1) is 9.63. The topological polar surface area (TPSA) is 59.2 Å². The van der Waals surface area contributed by atoms with E-state index in [1.165, 1.54) is 0 Å². The Morgan fingerprint density at radius 3 is 2.70 bits per heavy atom. The van der Waals surface area contributed by atoms with E-state index < -0.39 is 0 Å². The minimum absolute atomic E-state index is 0.116. The zero-order chi connectivity index (χ0) is 14.1. The normalized spacial score (nSPS) is 10.7. The van der Waals surface area contributed by atoms with Gasteiger partial charge in [0.05, 0.1) is 4.47 Å². The van der Waals surface area contributed by atoms with Crippen molar-refractivity contribution >= 4 is 27.5 Å². The van der Waals surface area contributed by atoms with Gasteiger partial charge in [-0.2, -0.15) is 4.98 Å². The van der Waals surface area contributed by atoms with Crippen LogP contribution >= 0.6 is 27.5 Å². The highest BCUT2D eigenvalue weighted by atomic mass is 79.9. The molecule has 100 valence electrons. The van der Waals surface area contributed by atoms with Crippen LogP contribution < -0.4 is 0 Å². The summed E-state index contributed by atoms with van der Waals surface area (Å²) in [7, 11) is 0. The van der Waals surface area contributed by atoms with Crippen LogP contribution in [-0.4, -0.2) is 15.2 Å². The third kappa shape index (κ3) is 2.55. The van der Waals surface area contributed by atoms with Gasteiger partial charge in [-0.25, -0.2) is 0 Å². The van der Waals surface area contributed by atoms with Crippen molar-refractivity contribution in [3.05, 3.63) is 52.0 Å². The van der Waals surface area contributed by atoms with Gasteiger partial charge in [-0.3, -0.25) is 0 Å². The highest BCUT2D eigenvalue weighted by Gasteiger charge is 2.12. The number of phenols is 1. The molecule has 0 bridgehead atoms. The lowest BCUT2D eigenvalue weighted by molar-refractivity contribution is 0.431. The molecule has 4 nitrogen and oxygen atoms in total. The lowest BCUT2D eigenvalue weighted by atomic mass is 10.2. The molecule has 0 aliphatic rings. The molecule has 0 aliphatic heterocycles. The molecule has 2 aromatic carbocycles. The Balaban J connectivity index is 1.99. The van der Waals surface area contributed by atoms with Crippen LogP contribution in [-0.2, 0) is 0 Å². The van der Waals surface area contributed by atoms with Crippen molar-refractivity contribution in [2.24, 2.45) is 0 Å². The van der Waals surface area contributed by atoms with Crippen molar-refractivity contribution in [1.82, 2.24) is 10.1 Å². The van der Waals surface area contributed by atoms with Gasteiger partial charge in [0, 0.05) is 16.1 Å². The lowest BCUT2D eigenvalue weighted by Crippen LogP contribution is -1.81. The molecule has 0 saturated heterocycles. The lowest BCUT2D eigenvalue weighted by Gasteiger charge is -1.98. The summed E-state index contributed by atoms with van der Waals surface area (Å²) in [5.41, 5.74) is 1.42. The molecule has 0 aliphatic carbocycles. The number of phenolic OH excluding ortho intramolecular Hbond substituents is 1. The van der Waals surface area contributed by atoms with E-state index in [0.717, 1.165) is 5.56 Å². The van der Waals surface area contributed by atoms with E-state index in [2.05, 4.69) is 26.1 Å². The molecule has 0 radical (unpaired) electrons. The quantitative estimate of drug-likeness (QED) is 0.737. The van der Waals surface area contributed by atoms with E-state index in [9.17, 15) is 5.11 Å². The Hall–Kier alpha value is -1.85. The van der Waals surface area contributed by atoms with Crippen LogP contribution in [0.3, 0.4) is 0 Å². The molecule has 1 N–H and O–H groups in total. The molecule has 1 heterocycles. The summed E-state index contributed by atoms with van der Waals surface area (Å²) >= 11 is 9.15. The molecule has 0 unspecified atom stereocenters. The number of aromatic hydroxyl groups is 1. The molecule has 3 rings (SSSR count). The number of rotatable bonds is 2. The van der Waals surface area contributed by atoms with Crippen LogP contribution in [0.2, 0.25) is 5.02 Å². The molecule has 3 aromatic rings. The van der Waals surface area contributed by atoms with Gasteiger partial charge in [0.1, 0.15) is 5.75 Å². The molecular formula is C14H8BrClN2O2.